The minimum atomic E-state index is -1.30. The Hall–Kier alpha value is -3.38. The summed E-state index contributed by atoms with van der Waals surface area (Å²) in [4.78, 5) is 25.9. The van der Waals surface area contributed by atoms with Crippen LogP contribution in [0.2, 0.25) is 5.02 Å². The van der Waals surface area contributed by atoms with Gasteiger partial charge in [-0.05, 0) is 58.1 Å². The van der Waals surface area contributed by atoms with Crippen molar-refractivity contribution < 1.29 is 19.0 Å². The first-order chi connectivity index (χ1) is 20.4. The quantitative estimate of drug-likeness (QED) is 0.176. The maximum atomic E-state index is 14.3. The molecular weight excluding hydrogens is 596 g/mol. The van der Waals surface area contributed by atoms with Gasteiger partial charge < -0.3 is 35.6 Å². The average molecular weight is 635 g/mol. The molecule has 0 bridgehead atoms. The Balaban J connectivity index is 1.66. The number of methoxy groups -OCH3 is 1. The molecule has 1 fully saturated rings. The van der Waals surface area contributed by atoms with Gasteiger partial charge in [-0.25, -0.2) is 9.37 Å². The van der Waals surface area contributed by atoms with E-state index in [4.69, 9.17) is 27.9 Å². The molecule has 13 heteroatoms. The second-order valence-corrected chi connectivity index (χ2v) is 11.6. The molecule has 10 nitrogen and oxygen atoms in total. The van der Waals surface area contributed by atoms with E-state index in [1.807, 2.05) is 6.07 Å². The smallest absolute Gasteiger partial charge is 0.229 e. The first-order valence-corrected chi connectivity index (χ1v) is 14.9. The number of anilines is 6. The minimum absolute atomic E-state index is 0.0889. The second kappa shape index (κ2) is 13.9. The summed E-state index contributed by atoms with van der Waals surface area (Å²) in [5, 5.41) is 20.1. The van der Waals surface area contributed by atoms with E-state index < -0.39 is 11.4 Å². The van der Waals surface area contributed by atoms with E-state index in [1.54, 1.807) is 39.3 Å². The molecule has 2 atom stereocenters. The summed E-state index contributed by atoms with van der Waals surface area (Å²) in [6, 6.07) is 8.35. The number of rotatable bonds is 12. The molecule has 1 saturated heterocycles. The maximum Gasteiger partial charge on any atom is 0.229 e. The van der Waals surface area contributed by atoms with Crippen LogP contribution in [0, 0.1) is 5.82 Å². The Morgan fingerprint density at radius 2 is 2.00 bits per heavy atom. The summed E-state index contributed by atoms with van der Waals surface area (Å²) < 4.78 is 20.1. The minimum Gasteiger partial charge on any atom is -0.494 e. The lowest BCUT2D eigenvalue weighted by Crippen LogP contribution is -2.31. The molecule has 1 aromatic heterocycles. The number of amides is 1. The van der Waals surface area contributed by atoms with Crippen molar-refractivity contribution in [1.82, 2.24) is 14.9 Å². The second-order valence-electron chi connectivity index (χ2n) is 10.9. The number of benzene rings is 2. The highest BCUT2D eigenvalue weighted by Gasteiger charge is 2.28. The normalized spacial score (nSPS) is 16.2. The molecule has 1 aliphatic heterocycles. The number of hydrogen-bond donors (Lipinski definition) is 4. The molecular formula is C30H38Cl2FN7O3. The van der Waals surface area contributed by atoms with Crippen LogP contribution in [0.25, 0.3) is 0 Å². The van der Waals surface area contributed by atoms with Gasteiger partial charge in [0.25, 0.3) is 0 Å². The molecule has 4 rings (SSSR count). The van der Waals surface area contributed by atoms with Gasteiger partial charge in [0.15, 0.2) is 0 Å². The zero-order chi connectivity index (χ0) is 31.3. The Morgan fingerprint density at radius 1 is 1.23 bits per heavy atom. The van der Waals surface area contributed by atoms with Crippen LogP contribution in [-0.2, 0) is 10.4 Å². The molecule has 232 valence electrons. The van der Waals surface area contributed by atoms with Crippen LogP contribution in [0.4, 0.5) is 38.9 Å². The summed E-state index contributed by atoms with van der Waals surface area (Å²) in [6.45, 7) is 5.04. The number of ether oxygens (including phenoxy) is 1. The van der Waals surface area contributed by atoms with Crippen LogP contribution < -0.4 is 25.6 Å². The van der Waals surface area contributed by atoms with E-state index in [1.165, 1.54) is 12.1 Å². The van der Waals surface area contributed by atoms with Gasteiger partial charge in [-0.3, -0.25) is 4.79 Å². The number of nitrogens with zero attached hydrogens (tertiary/aromatic N) is 4. The Morgan fingerprint density at radius 3 is 2.65 bits per heavy atom. The molecule has 2 aromatic carbocycles. The van der Waals surface area contributed by atoms with E-state index in [0.717, 1.165) is 25.2 Å². The zero-order valence-corrected chi connectivity index (χ0v) is 26.5. The fourth-order valence-electron chi connectivity index (χ4n) is 4.91. The van der Waals surface area contributed by atoms with E-state index in [-0.39, 0.29) is 29.2 Å². The standard InChI is InChI=1S/C30H38Cl2FN7O3/c1-6-30(2,42)19-13-21(33)20(32)14-22(19)35-27-8-11-34-29(38-27)37-24-15-23(36-28(41)7-10-31)25(16-26(24)43-5)40-12-9-18(17-40)39(3)4/h8,11,13-16,18,42H,6-7,9-10,12,17H2,1-5H3,(H,36,41)(H2,34,35,37,38)/t18-,30?/m1/s1. The van der Waals surface area contributed by atoms with Gasteiger partial charge in [-0.1, -0.05) is 18.5 Å². The van der Waals surface area contributed by atoms with Gasteiger partial charge in [0.1, 0.15) is 17.4 Å². The van der Waals surface area contributed by atoms with Crippen LogP contribution in [0.15, 0.2) is 36.5 Å². The molecule has 0 saturated carbocycles. The fraction of sp³-hybridized carbons (Fsp3) is 0.433. The topological polar surface area (TPSA) is 115 Å². The van der Waals surface area contributed by atoms with E-state index in [0.29, 0.717) is 46.7 Å². The molecule has 43 heavy (non-hydrogen) atoms. The lowest BCUT2D eigenvalue weighted by molar-refractivity contribution is -0.115. The first-order valence-electron chi connectivity index (χ1n) is 14.0. The maximum absolute atomic E-state index is 14.3. The molecule has 3 aromatic rings. The molecule has 0 radical (unpaired) electrons. The van der Waals surface area contributed by atoms with Gasteiger partial charge in [0.2, 0.25) is 11.9 Å². The van der Waals surface area contributed by atoms with Gasteiger partial charge in [-0.2, -0.15) is 4.98 Å². The Labute approximate surface area is 261 Å². The van der Waals surface area contributed by atoms with Crippen LogP contribution >= 0.6 is 23.2 Å². The lowest BCUT2D eigenvalue weighted by atomic mass is 9.91. The van der Waals surface area contributed by atoms with Crippen molar-refractivity contribution in [3.05, 3.63) is 52.9 Å². The predicted octanol–water partition coefficient (Wildman–Crippen LogP) is 6.09. The highest BCUT2D eigenvalue weighted by Crippen LogP contribution is 2.40. The molecule has 0 aliphatic carbocycles. The third-order valence-electron chi connectivity index (χ3n) is 7.64. The lowest BCUT2D eigenvalue weighted by Gasteiger charge is -2.26. The van der Waals surface area contributed by atoms with Crippen LogP contribution in [0.3, 0.4) is 0 Å². The highest BCUT2D eigenvalue weighted by molar-refractivity contribution is 6.31. The summed E-state index contributed by atoms with van der Waals surface area (Å²) in [6.07, 6.45) is 3.07. The number of nitrogens with one attached hydrogen (secondary N) is 3. The van der Waals surface area contributed by atoms with Crippen molar-refractivity contribution in [3.63, 3.8) is 0 Å². The monoisotopic (exact) mass is 633 g/mol. The van der Waals surface area contributed by atoms with E-state index in [2.05, 4.69) is 49.8 Å². The number of aromatic nitrogens is 2. The van der Waals surface area contributed by atoms with Crippen molar-refractivity contribution >= 4 is 63.6 Å². The third-order valence-corrected chi connectivity index (χ3v) is 8.12. The predicted molar refractivity (Wildman–Crippen MR) is 171 cm³/mol. The number of carbonyl (C=O) groups excluding carboxylic acids is 1. The first kappa shape index (κ1) is 32.5. The Bertz CT molecular complexity index is 1460. The number of carbonyl (C=O) groups is 1. The SMILES string of the molecule is CCC(C)(O)c1cc(F)c(Cl)cc1Nc1ccnc(Nc2cc(NC(=O)CCCl)c(N3CC[C@@H](N(C)C)C3)cc2OC)n1. The Kier molecular flexibility index (Phi) is 10.5. The summed E-state index contributed by atoms with van der Waals surface area (Å²) >= 11 is 11.9. The van der Waals surface area contributed by atoms with Gasteiger partial charge in [0.05, 0.1) is 34.8 Å². The van der Waals surface area contributed by atoms with Crippen LogP contribution in [-0.4, -0.2) is 72.1 Å². The van der Waals surface area contributed by atoms with Gasteiger partial charge in [-0.15, -0.1) is 11.6 Å². The van der Waals surface area contributed by atoms with Crippen molar-refractivity contribution in [1.29, 1.82) is 0 Å². The number of halogens is 3. The summed E-state index contributed by atoms with van der Waals surface area (Å²) in [5.74, 6) is 0.530. The van der Waals surface area contributed by atoms with Gasteiger partial charge >= 0.3 is 0 Å². The number of hydrogen-bond acceptors (Lipinski definition) is 9. The average Bonchev–Trinajstić information content (AvgIpc) is 3.46. The van der Waals surface area contributed by atoms with Crippen molar-refractivity contribution in [3.8, 4) is 5.75 Å². The van der Waals surface area contributed by atoms with Crippen molar-refractivity contribution in [2.75, 3.05) is 61.0 Å². The molecule has 1 aliphatic rings. The summed E-state index contributed by atoms with van der Waals surface area (Å²) in [5.41, 5.74) is 1.44. The number of alkyl halides is 1. The molecule has 4 N–H and O–H groups in total. The number of likely N-dealkylation sites (N-methyl/N-ethyl adjacent to an activating group) is 1. The number of aliphatic hydroxyl groups is 1. The van der Waals surface area contributed by atoms with Crippen LogP contribution in [0.5, 0.6) is 5.75 Å². The van der Waals surface area contributed by atoms with Crippen molar-refractivity contribution in [2.24, 2.45) is 0 Å². The molecule has 2 heterocycles. The fourth-order valence-corrected chi connectivity index (χ4v) is 5.25. The molecule has 1 unspecified atom stereocenters. The van der Waals surface area contributed by atoms with Gasteiger partial charge in [0, 0.05) is 54.9 Å². The summed E-state index contributed by atoms with van der Waals surface area (Å²) in [7, 11) is 5.69. The van der Waals surface area contributed by atoms with E-state index in [9.17, 15) is 14.3 Å². The van der Waals surface area contributed by atoms with Crippen LogP contribution in [0.1, 0.15) is 38.7 Å². The molecule has 1 amide bonds. The molecule has 0 spiro atoms. The highest BCUT2D eigenvalue weighted by atomic mass is 35.5. The van der Waals surface area contributed by atoms with E-state index >= 15 is 0 Å². The van der Waals surface area contributed by atoms with Crippen molar-refractivity contribution in [2.45, 2.75) is 44.8 Å². The third kappa shape index (κ3) is 7.77. The largest absolute Gasteiger partial charge is 0.494 e. The zero-order valence-electron chi connectivity index (χ0n) is 25.0.